The normalized spacial score (nSPS) is 23.2. The number of ether oxygens (including phenoxy) is 2. The molecule has 6 heteroatoms. The van der Waals surface area contributed by atoms with E-state index in [4.69, 9.17) is 9.47 Å². The molecule has 2 aliphatic heterocycles. The molecule has 1 saturated carbocycles. The molecular weight excluding hydrogens is 390 g/mol. The van der Waals surface area contributed by atoms with Crippen molar-refractivity contribution in [2.24, 2.45) is 5.92 Å². The van der Waals surface area contributed by atoms with Crippen molar-refractivity contribution in [2.75, 3.05) is 37.8 Å². The van der Waals surface area contributed by atoms with E-state index in [0.29, 0.717) is 37.8 Å². The van der Waals surface area contributed by atoms with Crippen LogP contribution in [0.15, 0.2) is 36.4 Å². The van der Waals surface area contributed by atoms with Gasteiger partial charge in [0.2, 0.25) is 0 Å². The zero-order valence-electron chi connectivity index (χ0n) is 17.7. The predicted molar refractivity (Wildman–Crippen MR) is 120 cm³/mol. The first-order valence-corrected chi connectivity index (χ1v) is 11.3. The second-order valence-electron chi connectivity index (χ2n) is 8.81. The highest BCUT2D eigenvalue weighted by Gasteiger charge is 2.31. The van der Waals surface area contributed by atoms with E-state index in [0.717, 1.165) is 72.6 Å². The SMILES string of the molecule is N#Cc1c(-c2ccc3c(c2)OCCO3)cccc1N1CCC(N[C@H]2C[C@H](CO)C2)CC1. The molecule has 1 aliphatic carbocycles. The van der Waals surface area contributed by atoms with Crippen LogP contribution in [0.4, 0.5) is 5.69 Å². The number of benzene rings is 2. The molecule has 0 aromatic heterocycles. The van der Waals surface area contributed by atoms with E-state index < -0.39 is 0 Å². The summed E-state index contributed by atoms with van der Waals surface area (Å²) in [7, 11) is 0. The first-order chi connectivity index (χ1) is 15.2. The Kier molecular flexibility index (Phi) is 5.71. The molecule has 2 aromatic rings. The summed E-state index contributed by atoms with van der Waals surface area (Å²) < 4.78 is 11.4. The van der Waals surface area contributed by atoms with Gasteiger partial charge in [-0.1, -0.05) is 18.2 Å². The number of aliphatic hydroxyl groups is 1. The van der Waals surface area contributed by atoms with Crippen molar-refractivity contribution in [1.29, 1.82) is 5.26 Å². The lowest BCUT2D eigenvalue weighted by molar-refractivity contribution is 0.117. The summed E-state index contributed by atoms with van der Waals surface area (Å²) in [4.78, 5) is 2.34. The summed E-state index contributed by atoms with van der Waals surface area (Å²) in [6.45, 7) is 3.30. The van der Waals surface area contributed by atoms with E-state index in [1.807, 2.05) is 30.3 Å². The third-order valence-electron chi connectivity index (χ3n) is 6.81. The fourth-order valence-electron chi connectivity index (χ4n) is 5.01. The molecule has 0 radical (unpaired) electrons. The van der Waals surface area contributed by atoms with Gasteiger partial charge in [-0.15, -0.1) is 0 Å². The number of fused-ring (bicyclic) bond motifs is 1. The van der Waals surface area contributed by atoms with Crippen LogP contribution in [-0.4, -0.2) is 50.1 Å². The third kappa shape index (κ3) is 4.08. The van der Waals surface area contributed by atoms with Crippen LogP contribution in [0.25, 0.3) is 11.1 Å². The van der Waals surface area contributed by atoms with Gasteiger partial charge in [0.05, 0.1) is 11.3 Å². The second kappa shape index (κ2) is 8.78. The number of anilines is 1. The number of hydrogen-bond acceptors (Lipinski definition) is 6. The lowest BCUT2D eigenvalue weighted by Crippen LogP contribution is -2.51. The highest BCUT2D eigenvalue weighted by Crippen LogP contribution is 2.38. The van der Waals surface area contributed by atoms with Crippen LogP contribution in [-0.2, 0) is 0 Å². The first kappa shape index (κ1) is 20.2. The van der Waals surface area contributed by atoms with Crippen LogP contribution < -0.4 is 19.7 Å². The van der Waals surface area contributed by atoms with Crippen LogP contribution in [0, 0.1) is 17.2 Å². The van der Waals surface area contributed by atoms with Gasteiger partial charge in [-0.05, 0) is 55.4 Å². The van der Waals surface area contributed by atoms with Gasteiger partial charge in [-0.3, -0.25) is 0 Å². The molecule has 3 aliphatic rings. The van der Waals surface area contributed by atoms with Crippen molar-refractivity contribution in [3.8, 4) is 28.7 Å². The number of aliphatic hydroxyl groups excluding tert-OH is 1. The number of rotatable bonds is 5. The molecule has 2 aromatic carbocycles. The molecule has 31 heavy (non-hydrogen) atoms. The van der Waals surface area contributed by atoms with E-state index in [2.05, 4.69) is 22.4 Å². The van der Waals surface area contributed by atoms with Crippen molar-refractivity contribution in [3.63, 3.8) is 0 Å². The number of hydrogen-bond donors (Lipinski definition) is 2. The summed E-state index contributed by atoms with van der Waals surface area (Å²) in [5.41, 5.74) is 3.64. The number of nitrogens with one attached hydrogen (secondary N) is 1. The van der Waals surface area contributed by atoms with Gasteiger partial charge in [0.25, 0.3) is 0 Å². The Labute approximate surface area is 183 Å². The Morgan fingerprint density at radius 1 is 1.03 bits per heavy atom. The van der Waals surface area contributed by atoms with E-state index in [9.17, 15) is 10.4 Å². The molecule has 5 rings (SSSR count). The number of piperidine rings is 1. The van der Waals surface area contributed by atoms with Gasteiger partial charge in [-0.2, -0.15) is 5.26 Å². The Morgan fingerprint density at radius 2 is 1.81 bits per heavy atom. The van der Waals surface area contributed by atoms with Gasteiger partial charge in [-0.25, -0.2) is 0 Å². The molecule has 0 spiro atoms. The van der Waals surface area contributed by atoms with Crippen molar-refractivity contribution < 1.29 is 14.6 Å². The van der Waals surface area contributed by atoms with Gasteiger partial charge in [0, 0.05) is 37.3 Å². The molecule has 0 unspecified atom stereocenters. The zero-order chi connectivity index (χ0) is 21.2. The van der Waals surface area contributed by atoms with Crippen molar-refractivity contribution >= 4 is 5.69 Å². The molecule has 1 saturated heterocycles. The quantitative estimate of drug-likeness (QED) is 0.774. The van der Waals surface area contributed by atoms with E-state index in [-0.39, 0.29) is 0 Å². The highest BCUT2D eigenvalue weighted by atomic mass is 16.6. The van der Waals surface area contributed by atoms with Gasteiger partial charge < -0.3 is 24.8 Å². The minimum absolute atomic E-state index is 0.313. The van der Waals surface area contributed by atoms with Gasteiger partial charge >= 0.3 is 0 Å². The minimum Gasteiger partial charge on any atom is -0.486 e. The molecule has 162 valence electrons. The molecule has 0 bridgehead atoms. The molecule has 0 atom stereocenters. The smallest absolute Gasteiger partial charge is 0.161 e. The van der Waals surface area contributed by atoms with Crippen LogP contribution >= 0.6 is 0 Å². The van der Waals surface area contributed by atoms with Crippen LogP contribution in [0.5, 0.6) is 11.5 Å². The molecule has 2 N–H and O–H groups in total. The topological polar surface area (TPSA) is 77.8 Å². The lowest BCUT2D eigenvalue weighted by Gasteiger charge is -2.41. The van der Waals surface area contributed by atoms with Crippen LogP contribution in [0.1, 0.15) is 31.2 Å². The van der Waals surface area contributed by atoms with E-state index >= 15 is 0 Å². The van der Waals surface area contributed by atoms with Crippen molar-refractivity contribution in [1.82, 2.24) is 5.32 Å². The lowest BCUT2D eigenvalue weighted by atomic mass is 9.80. The maximum Gasteiger partial charge on any atom is 0.161 e. The zero-order valence-corrected chi connectivity index (χ0v) is 17.7. The second-order valence-corrected chi connectivity index (χ2v) is 8.81. The molecular formula is C25H29N3O3. The summed E-state index contributed by atoms with van der Waals surface area (Å²) >= 11 is 0. The summed E-state index contributed by atoms with van der Waals surface area (Å²) in [6, 6.07) is 15.6. The molecule has 6 nitrogen and oxygen atoms in total. The monoisotopic (exact) mass is 419 g/mol. The maximum atomic E-state index is 10.0. The predicted octanol–water partition coefficient (Wildman–Crippen LogP) is 3.33. The standard InChI is InChI=1S/C25H29N3O3/c26-15-22-21(18-4-5-24-25(14-18)31-11-10-30-24)2-1-3-23(22)28-8-6-19(7-9-28)27-20-12-17(13-20)16-29/h1-5,14,17,19-20,27,29H,6-13,16H2/t17-,20-. The first-order valence-electron chi connectivity index (χ1n) is 11.3. The van der Waals surface area contributed by atoms with Crippen LogP contribution in [0.3, 0.4) is 0 Å². The van der Waals surface area contributed by atoms with Gasteiger partial charge in [0.1, 0.15) is 19.3 Å². The van der Waals surface area contributed by atoms with E-state index in [1.54, 1.807) is 0 Å². The number of nitriles is 1. The van der Waals surface area contributed by atoms with Crippen molar-refractivity contribution in [3.05, 3.63) is 42.0 Å². The Bertz CT molecular complexity index is 972. The average Bonchev–Trinajstić information content (AvgIpc) is 2.80. The molecule has 0 amide bonds. The Morgan fingerprint density at radius 3 is 2.55 bits per heavy atom. The average molecular weight is 420 g/mol. The summed E-state index contributed by atoms with van der Waals surface area (Å²) in [6.07, 6.45) is 4.32. The molecule has 2 fully saturated rings. The summed E-state index contributed by atoms with van der Waals surface area (Å²) in [5.74, 6) is 1.99. The van der Waals surface area contributed by atoms with E-state index in [1.165, 1.54) is 0 Å². The number of nitrogens with zero attached hydrogens (tertiary/aromatic N) is 2. The fraction of sp³-hybridized carbons (Fsp3) is 0.480. The van der Waals surface area contributed by atoms with Gasteiger partial charge in [0.15, 0.2) is 11.5 Å². The summed E-state index contributed by atoms with van der Waals surface area (Å²) in [5, 5.41) is 23.0. The third-order valence-corrected chi connectivity index (χ3v) is 6.81. The van der Waals surface area contributed by atoms with Crippen molar-refractivity contribution in [2.45, 2.75) is 37.8 Å². The highest BCUT2D eigenvalue weighted by molar-refractivity contribution is 5.79. The minimum atomic E-state index is 0.313. The fourth-order valence-corrected chi connectivity index (χ4v) is 5.01. The Balaban J connectivity index is 1.30. The Hall–Kier alpha value is -2.75. The van der Waals surface area contributed by atoms with Crippen LogP contribution in [0.2, 0.25) is 0 Å². The maximum absolute atomic E-state index is 10.0. The molecule has 2 heterocycles. The largest absolute Gasteiger partial charge is 0.486 e.